The zero-order chi connectivity index (χ0) is 16.7. The van der Waals surface area contributed by atoms with Crippen LogP contribution < -0.4 is 9.64 Å². The number of anilines is 1. The van der Waals surface area contributed by atoms with Gasteiger partial charge in [-0.05, 0) is 18.2 Å². The second-order valence-corrected chi connectivity index (χ2v) is 4.52. The molecule has 2 aromatic carbocycles. The highest BCUT2D eigenvalue weighted by atomic mass is 16.6. The number of nitro groups is 1. The minimum absolute atomic E-state index is 0.110. The van der Waals surface area contributed by atoms with Crippen LogP contribution in [0.2, 0.25) is 0 Å². The van der Waals surface area contributed by atoms with Crippen LogP contribution in [0.1, 0.15) is 0 Å². The number of nitrogens with zero attached hydrogens (tertiary/aromatic N) is 3. The Morgan fingerprint density at radius 1 is 1.22 bits per heavy atom. The molecule has 0 atom stereocenters. The molecule has 7 heteroatoms. The Hall–Kier alpha value is -3.40. The van der Waals surface area contributed by atoms with E-state index in [0.717, 1.165) is 0 Å². The molecule has 2 aromatic rings. The van der Waals surface area contributed by atoms with Crippen molar-refractivity contribution in [1.82, 2.24) is 0 Å². The van der Waals surface area contributed by atoms with Crippen molar-refractivity contribution in [3.05, 3.63) is 64.7 Å². The van der Waals surface area contributed by atoms with Crippen LogP contribution in [0.3, 0.4) is 0 Å². The van der Waals surface area contributed by atoms with Crippen molar-refractivity contribution in [1.29, 1.82) is 5.26 Å². The molecule has 23 heavy (non-hydrogen) atoms. The van der Waals surface area contributed by atoms with Gasteiger partial charge in [-0.2, -0.15) is 5.26 Å². The van der Waals surface area contributed by atoms with E-state index >= 15 is 0 Å². The third-order valence-electron chi connectivity index (χ3n) is 2.99. The summed E-state index contributed by atoms with van der Waals surface area (Å²) in [5.41, 5.74) is 0.466. The van der Waals surface area contributed by atoms with E-state index in [1.54, 1.807) is 30.3 Å². The number of rotatable bonds is 6. The van der Waals surface area contributed by atoms with Crippen molar-refractivity contribution in [2.45, 2.75) is 0 Å². The Bertz CT molecular complexity index is 740. The largest absolute Gasteiger partial charge is 0.483 e. The third-order valence-corrected chi connectivity index (χ3v) is 2.99. The van der Waals surface area contributed by atoms with Gasteiger partial charge in [-0.15, -0.1) is 0 Å². The molecule has 1 amide bonds. The van der Waals surface area contributed by atoms with Crippen LogP contribution in [0.4, 0.5) is 11.4 Å². The van der Waals surface area contributed by atoms with Crippen molar-refractivity contribution < 1.29 is 14.5 Å². The number of non-ortho nitro benzene ring substituents is 1. The molecule has 0 N–H and O–H groups in total. The normalized spacial score (nSPS) is 9.70. The third kappa shape index (κ3) is 4.28. The molecular weight excluding hydrogens is 298 g/mol. The van der Waals surface area contributed by atoms with Crippen molar-refractivity contribution >= 4 is 17.3 Å². The van der Waals surface area contributed by atoms with Gasteiger partial charge in [-0.3, -0.25) is 19.8 Å². The molecule has 0 bridgehead atoms. The van der Waals surface area contributed by atoms with Gasteiger partial charge in [-0.25, -0.2) is 0 Å². The van der Waals surface area contributed by atoms with Crippen molar-refractivity contribution in [3.8, 4) is 11.8 Å². The van der Waals surface area contributed by atoms with Gasteiger partial charge in [0.2, 0.25) is 0 Å². The van der Waals surface area contributed by atoms with Gasteiger partial charge in [0.25, 0.3) is 11.6 Å². The SMILES string of the molecule is N#CCN(C(=O)COc1cccc([N+](=O)[O-])c1)c1ccccc1. The fraction of sp³-hybridized carbons (Fsp3) is 0.125. The Balaban J connectivity index is 2.06. The second kappa shape index (κ2) is 7.56. The average Bonchev–Trinajstić information content (AvgIpc) is 2.58. The molecule has 2 rings (SSSR count). The first-order valence-electron chi connectivity index (χ1n) is 6.71. The fourth-order valence-electron chi connectivity index (χ4n) is 1.91. The summed E-state index contributed by atoms with van der Waals surface area (Å²) >= 11 is 0. The predicted molar refractivity (Wildman–Crippen MR) is 83.0 cm³/mol. The highest BCUT2D eigenvalue weighted by Crippen LogP contribution is 2.19. The summed E-state index contributed by atoms with van der Waals surface area (Å²) in [4.78, 5) is 23.7. The van der Waals surface area contributed by atoms with Crippen LogP contribution in [-0.2, 0) is 4.79 Å². The maximum atomic E-state index is 12.2. The van der Waals surface area contributed by atoms with Gasteiger partial charge in [0.1, 0.15) is 12.3 Å². The molecule has 0 heterocycles. The van der Waals surface area contributed by atoms with Gasteiger partial charge in [-0.1, -0.05) is 24.3 Å². The number of hydrogen-bond acceptors (Lipinski definition) is 5. The van der Waals surface area contributed by atoms with E-state index in [2.05, 4.69) is 0 Å². The number of benzene rings is 2. The lowest BCUT2D eigenvalue weighted by atomic mass is 10.3. The summed E-state index contributed by atoms with van der Waals surface area (Å²) in [6.45, 7) is -0.432. The van der Waals surface area contributed by atoms with Crippen molar-refractivity contribution in [2.75, 3.05) is 18.1 Å². The Kier molecular flexibility index (Phi) is 5.25. The van der Waals surface area contributed by atoms with E-state index in [1.165, 1.54) is 29.2 Å². The van der Waals surface area contributed by atoms with Crippen LogP contribution in [-0.4, -0.2) is 24.0 Å². The number of amides is 1. The summed E-state index contributed by atoms with van der Waals surface area (Å²) in [5, 5.41) is 19.6. The summed E-state index contributed by atoms with van der Waals surface area (Å²) in [7, 11) is 0. The molecule has 0 radical (unpaired) electrons. The maximum Gasteiger partial charge on any atom is 0.273 e. The number of carbonyl (C=O) groups excluding carboxylic acids is 1. The number of hydrogen-bond donors (Lipinski definition) is 0. The first-order chi connectivity index (χ1) is 11.1. The van der Waals surface area contributed by atoms with Crippen LogP contribution >= 0.6 is 0 Å². The molecule has 0 fully saturated rings. The summed E-state index contributed by atoms with van der Waals surface area (Å²) < 4.78 is 5.30. The number of para-hydroxylation sites is 1. The van der Waals surface area contributed by atoms with Crippen LogP contribution in [0.15, 0.2) is 54.6 Å². The summed E-state index contributed by atoms with van der Waals surface area (Å²) in [5.74, 6) is -0.193. The number of carbonyl (C=O) groups is 1. The smallest absolute Gasteiger partial charge is 0.273 e. The molecule has 0 aliphatic carbocycles. The van der Waals surface area contributed by atoms with Crippen molar-refractivity contribution in [3.63, 3.8) is 0 Å². The Morgan fingerprint density at radius 2 is 1.96 bits per heavy atom. The number of nitriles is 1. The zero-order valence-electron chi connectivity index (χ0n) is 12.1. The zero-order valence-corrected chi connectivity index (χ0v) is 12.1. The quantitative estimate of drug-likeness (QED) is 0.464. The van der Waals surface area contributed by atoms with Gasteiger partial charge < -0.3 is 4.74 Å². The van der Waals surface area contributed by atoms with E-state index in [1.807, 2.05) is 6.07 Å². The lowest BCUT2D eigenvalue weighted by Gasteiger charge is -2.19. The molecule has 0 aliphatic heterocycles. The molecular formula is C16H13N3O4. The molecule has 0 unspecified atom stereocenters. The fourth-order valence-corrected chi connectivity index (χ4v) is 1.91. The second-order valence-electron chi connectivity index (χ2n) is 4.52. The monoisotopic (exact) mass is 311 g/mol. The van der Waals surface area contributed by atoms with Crippen LogP contribution in [0.5, 0.6) is 5.75 Å². The molecule has 0 aromatic heterocycles. The van der Waals surface area contributed by atoms with E-state index in [4.69, 9.17) is 10.00 Å². The van der Waals surface area contributed by atoms with Crippen LogP contribution in [0, 0.1) is 21.4 Å². The minimum Gasteiger partial charge on any atom is -0.483 e. The van der Waals surface area contributed by atoms with Gasteiger partial charge >= 0.3 is 0 Å². The molecule has 0 aliphatic rings. The van der Waals surface area contributed by atoms with E-state index < -0.39 is 10.8 Å². The average molecular weight is 311 g/mol. The minimum atomic E-state index is -0.541. The molecule has 116 valence electrons. The lowest BCUT2D eigenvalue weighted by Crippen LogP contribution is -2.35. The highest BCUT2D eigenvalue weighted by molar-refractivity contribution is 5.94. The first kappa shape index (κ1) is 16.0. The number of nitro benzene ring substituents is 1. The number of ether oxygens (including phenoxy) is 1. The van der Waals surface area contributed by atoms with Gasteiger partial charge in [0, 0.05) is 11.8 Å². The lowest BCUT2D eigenvalue weighted by molar-refractivity contribution is -0.384. The Labute approximate surface area is 132 Å². The summed E-state index contributed by atoms with van der Waals surface area (Å²) in [6, 6.07) is 16.2. The maximum absolute atomic E-state index is 12.2. The summed E-state index contributed by atoms with van der Waals surface area (Å²) in [6.07, 6.45) is 0. The van der Waals surface area contributed by atoms with E-state index in [-0.39, 0.29) is 24.6 Å². The molecule has 0 saturated heterocycles. The van der Waals surface area contributed by atoms with Gasteiger partial charge in [0.15, 0.2) is 6.61 Å². The first-order valence-corrected chi connectivity index (χ1v) is 6.71. The van der Waals surface area contributed by atoms with Crippen LogP contribution in [0.25, 0.3) is 0 Å². The molecule has 7 nitrogen and oxygen atoms in total. The molecule has 0 saturated carbocycles. The van der Waals surface area contributed by atoms with Gasteiger partial charge in [0.05, 0.1) is 17.1 Å². The highest BCUT2D eigenvalue weighted by Gasteiger charge is 2.16. The van der Waals surface area contributed by atoms with Crippen molar-refractivity contribution in [2.24, 2.45) is 0 Å². The Morgan fingerprint density at radius 3 is 2.61 bits per heavy atom. The predicted octanol–water partition coefficient (Wildman–Crippen LogP) is 2.53. The topological polar surface area (TPSA) is 96.5 Å². The standard InChI is InChI=1S/C16H13N3O4/c17-9-10-18(13-5-2-1-3-6-13)16(20)12-23-15-8-4-7-14(11-15)19(21)22/h1-8,11H,10,12H2. The van der Waals surface area contributed by atoms with E-state index in [9.17, 15) is 14.9 Å². The molecule has 0 spiro atoms. The van der Waals surface area contributed by atoms with E-state index in [0.29, 0.717) is 5.69 Å².